The number of anilines is 1. The van der Waals surface area contributed by atoms with Crippen molar-refractivity contribution < 1.29 is 17.9 Å². The summed E-state index contributed by atoms with van der Waals surface area (Å²) in [6, 6.07) is 23.6. The summed E-state index contributed by atoms with van der Waals surface area (Å²) in [4.78, 5) is 12.7. The molecule has 0 spiro atoms. The highest BCUT2D eigenvalue weighted by molar-refractivity contribution is 7.89. The molecule has 0 atom stereocenters. The lowest BCUT2D eigenvalue weighted by Gasteiger charge is -2.25. The number of para-hydroxylation sites is 1. The summed E-state index contributed by atoms with van der Waals surface area (Å²) in [5, 5.41) is 2.88. The molecule has 1 aliphatic heterocycles. The lowest BCUT2D eigenvalue weighted by Crippen LogP contribution is -2.35. The van der Waals surface area contributed by atoms with Gasteiger partial charge in [0.05, 0.1) is 4.90 Å². The Morgan fingerprint density at radius 1 is 0.818 bits per heavy atom. The number of rotatable bonds is 8. The van der Waals surface area contributed by atoms with Gasteiger partial charge in [0, 0.05) is 25.2 Å². The Balaban J connectivity index is 1.27. The topological polar surface area (TPSA) is 75.7 Å². The Kier molecular flexibility index (Phi) is 7.42. The first-order valence-electron chi connectivity index (χ1n) is 11.2. The van der Waals surface area contributed by atoms with E-state index >= 15 is 0 Å². The number of nitrogens with zero attached hydrogens (tertiary/aromatic N) is 1. The number of carbonyl (C=O) groups excluding carboxylic acids is 1. The Bertz CT molecular complexity index is 1160. The molecular weight excluding hydrogens is 436 g/mol. The van der Waals surface area contributed by atoms with Crippen molar-refractivity contribution in [1.29, 1.82) is 0 Å². The summed E-state index contributed by atoms with van der Waals surface area (Å²) in [5.74, 6) is 1.35. The van der Waals surface area contributed by atoms with Gasteiger partial charge in [-0.05, 0) is 73.4 Å². The fourth-order valence-corrected chi connectivity index (χ4v) is 5.31. The number of amides is 1. The van der Waals surface area contributed by atoms with Crippen molar-refractivity contribution in [2.75, 3.05) is 18.4 Å². The summed E-state index contributed by atoms with van der Waals surface area (Å²) in [6.45, 7) is 1.17. The third-order valence-electron chi connectivity index (χ3n) is 5.63. The number of hydrogen-bond donors (Lipinski definition) is 1. The number of aryl methyl sites for hydroxylation is 1. The molecule has 0 aliphatic carbocycles. The summed E-state index contributed by atoms with van der Waals surface area (Å²) in [7, 11) is -3.43. The molecule has 0 radical (unpaired) electrons. The predicted molar refractivity (Wildman–Crippen MR) is 129 cm³/mol. The van der Waals surface area contributed by atoms with E-state index in [4.69, 9.17) is 4.74 Å². The second kappa shape index (κ2) is 10.6. The molecule has 33 heavy (non-hydrogen) atoms. The molecule has 0 aromatic heterocycles. The largest absolute Gasteiger partial charge is 0.457 e. The molecule has 1 N–H and O–H groups in total. The first kappa shape index (κ1) is 23.0. The van der Waals surface area contributed by atoms with Gasteiger partial charge in [-0.3, -0.25) is 4.79 Å². The molecule has 0 unspecified atom stereocenters. The number of ether oxygens (including phenoxy) is 1. The van der Waals surface area contributed by atoms with Crippen molar-refractivity contribution >= 4 is 21.6 Å². The van der Waals surface area contributed by atoms with Crippen LogP contribution in [0.2, 0.25) is 0 Å². The Labute approximate surface area is 195 Å². The SMILES string of the molecule is O=C(CCc1ccc(S(=O)(=O)N2CCCCC2)cc1)Nc1ccc(Oc2ccccc2)cc1. The van der Waals surface area contributed by atoms with Crippen LogP contribution in [0.25, 0.3) is 0 Å². The molecule has 1 aliphatic rings. The fourth-order valence-electron chi connectivity index (χ4n) is 3.79. The van der Waals surface area contributed by atoms with Crippen molar-refractivity contribution in [1.82, 2.24) is 4.31 Å². The van der Waals surface area contributed by atoms with E-state index in [2.05, 4.69) is 5.32 Å². The molecule has 7 heteroatoms. The van der Waals surface area contributed by atoms with Gasteiger partial charge in [-0.1, -0.05) is 36.8 Å². The monoisotopic (exact) mass is 464 g/mol. The predicted octanol–water partition coefficient (Wildman–Crippen LogP) is 5.22. The van der Waals surface area contributed by atoms with Crippen LogP contribution in [0.1, 0.15) is 31.2 Å². The summed E-state index contributed by atoms with van der Waals surface area (Å²) in [5.41, 5.74) is 1.62. The highest BCUT2D eigenvalue weighted by Gasteiger charge is 2.25. The van der Waals surface area contributed by atoms with Crippen molar-refractivity contribution in [3.05, 3.63) is 84.4 Å². The van der Waals surface area contributed by atoms with Gasteiger partial charge in [0.15, 0.2) is 0 Å². The zero-order valence-electron chi connectivity index (χ0n) is 18.4. The molecule has 1 fully saturated rings. The highest BCUT2D eigenvalue weighted by Crippen LogP contribution is 2.23. The van der Waals surface area contributed by atoms with Crippen molar-refractivity contribution in [2.45, 2.75) is 37.0 Å². The van der Waals surface area contributed by atoms with Crippen LogP contribution in [0.15, 0.2) is 83.8 Å². The summed E-state index contributed by atoms with van der Waals surface area (Å²) in [6.07, 6.45) is 3.74. The second-order valence-corrected chi connectivity index (χ2v) is 10.0. The Morgan fingerprint density at radius 3 is 2.12 bits per heavy atom. The van der Waals surface area contributed by atoms with Gasteiger partial charge in [0.25, 0.3) is 0 Å². The summed E-state index contributed by atoms with van der Waals surface area (Å²) < 4.78 is 32.8. The van der Waals surface area contributed by atoms with Gasteiger partial charge in [0.1, 0.15) is 11.5 Å². The molecule has 3 aromatic carbocycles. The molecule has 172 valence electrons. The molecule has 1 amide bonds. The minimum absolute atomic E-state index is 0.100. The molecular formula is C26H28N2O4S. The molecule has 0 bridgehead atoms. The average molecular weight is 465 g/mol. The lowest BCUT2D eigenvalue weighted by molar-refractivity contribution is -0.116. The standard InChI is InChI=1S/C26H28N2O4S/c29-26(27-22-12-14-24(15-13-22)32-23-7-3-1-4-8-23)18-11-21-9-16-25(17-10-21)33(30,31)28-19-5-2-6-20-28/h1,3-4,7-10,12-17H,2,5-6,11,18-20H2,(H,27,29). The third kappa shape index (κ3) is 6.21. The number of benzene rings is 3. The minimum atomic E-state index is -3.43. The van der Waals surface area contributed by atoms with Gasteiger partial charge in [-0.15, -0.1) is 0 Å². The molecule has 4 rings (SSSR count). The van der Waals surface area contributed by atoms with Crippen LogP contribution in [0.3, 0.4) is 0 Å². The van der Waals surface area contributed by atoms with Crippen LogP contribution in [-0.2, 0) is 21.2 Å². The van der Waals surface area contributed by atoms with Crippen molar-refractivity contribution in [2.24, 2.45) is 0 Å². The number of hydrogen-bond acceptors (Lipinski definition) is 4. The van der Waals surface area contributed by atoms with Gasteiger partial charge >= 0.3 is 0 Å². The van der Waals surface area contributed by atoms with Crippen LogP contribution >= 0.6 is 0 Å². The number of carbonyl (C=O) groups is 1. The summed E-state index contributed by atoms with van der Waals surface area (Å²) >= 11 is 0. The van der Waals surface area contributed by atoms with E-state index in [1.54, 1.807) is 40.7 Å². The zero-order valence-corrected chi connectivity index (χ0v) is 19.3. The zero-order chi connectivity index (χ0) is 23.1. The smallest absolute Gasteiger partial charge is 0.243 e. The van der Waals surface area contributed by atoms with E-state index in [0.717, 1.165) is 30.6 Å². The van der Waals surface area contributed by atoms with Crippen LogP contribution in [-0.4, -0.2) is 31.7 Å². The van der Waals surface area contributed by atoms with Gasteiger partial charge < -0.3 is 10.1 Å². The van der Waals surface area contributed by atoms with E-state index in [1.807, 2.05) is 42.5 Å². The van der Waals surface area contributed by atoms with Gasteiger partial charge in [0.2, 0.25) is 15.9 Å². The number of piperidine rings is 1. The van der Waals surface area contributed by atoms with Crippen LogP contribution in [0, 0.1) is 0 Å². The average Bonchev–Trinajstić information content (AvgIpc) is 2.85. The first-order chi connectivity index (χ1) is 16.0. The third-order valence-corrected chi connectivity index (χ3v) is 7.55. The highest BCUT2D eigenvalue weighted by atomic mass is 32.2. The second-order valence-electron chi connectivity index (χ2n) is 8.10. The normalized spacial score (nSPS) is 14.5. The quantitative estimate of drug-likeness (QED) is 0.496. The van der Waals surface area contributed by atoms with Crippen LogP contribution in [0.5, 0.6) is 11.5 Å². The van der Waals surface area contributed by atoms with E-state index in [0.29, 0.717) is 42.3 Å². The molecule has 1 saturated heterocycles. The van der Waals surface area contributed by atoms with E-state index in [-0.39, 0.29) is 5.91 Å². The molecule has 6 nitrogen and oxygen atoms in total. The lowest BCUT2D eigenvalue weighted by atomic mass is 10.1. The number of nitrogens with one attached hydrogen (secondary N) is 1. The Morgan fingerprint density at radius 2 is 1.45 bits per heavy atom. The maximum atomic E-state index is 12.7. The van der Waals surface area contributed by atoms with Gasteiger partial charge in [-0.25, -0.2) is 8.42 Å². The Hall–Kier alpha value is -3.16. The molecule has 1 heterocycles. The molecule has 0 saturated carbocycles. The van der Waals surface area contributed by atoms with Crippen molar-refractivity contribution in [3.8, 4) is 11.5 Å². The molecule has 3 aromatic rings. The van der Waals surface area contributed by atoms with Crippen LogP contribution in [0.4, 0.5) is 5.69 Å². The number of sulfonamides is 1. The van der Waals surface area contributed by atoms with Crippen molar-refractivity contribution in [3.63, 3.8) is 0 Å². The van der Waals surface area contributed by atoms with Gasteiger partial charge in [-0.2, -0.15) is 4.31 Å². The van der Waals surface area contributed by atoms with E-state index in [1.165, 1.54) is 0 Å². The van der Waals surface area contributed by atoms with Crippen LogP contribution < -0.4 is 10.1 Å². The first-order valence-corrected chi connectivity index (χ1v) is 12.7. The maximum Gasteiger partial charge on any atom is 0.243 e. The van der Waals surface area contributed by atoms with E-state index < -0.39 is 10.0 Å². The fraction of sp³-hybridized carbons (Fsp3) is 0.269. The van der Waals surface area contributed by atoms with E-state index in [9.17, 15) is 13.2 Å². The maximum absolute atomic E-state index is 12.7. The minimum Gasteiger partial charge on any atom is -0.457 e.